The molecule has 0 saturated heterocycles. The maximum atomic E-state index is 5.25. The van der Waals surface area contributed by atoms with Crippen LogP contribution in [0.4, 0.5) is 0 Å². The van der Waals surface area contributed by atoms with E-state index in [1.165, 1.54) is 5.69 Å². The highest BCUT2D eigenvalue weighted by Gasteiger charge is 2.04. The lowest BCUT2D eigenvalue weighted by Crippen LogP contribution is -2.08. The van der Waals surface area contributed by atoms with E-state index in [-0.39, 0.29) is 0 Å². The molecule has 4 nitrogen and oxygen atoms in total. The number of rotatable bonds is 4. The fourth-order valence-corrected chi connectivity index (χ4v) is 2.09. The predicted octanol–water partition coefficient (Wildman–Crippen LogP) is 2.08. The van der Waals surface area contributed by atoms with Crippen LogP contribution in [0.3, 0.4) is 0 Å². The van der Waals surface area contributed by atoms with Gasteiger partial charge in [-0.05, 0) is 18.6 Å². The van der Waals surface area contributed by atoms with E-state index in [4.69, 9.17) is 12.2 Å². The van der Waals surface area contributed by atoms with Crippen LogP contribution in [0.5, 0.6) is 0 Å². The largest absolute Gasteiger partial charge is 0.338 e. The Morgan fingerprint density at radius 1 is 1.50 bits per heavy atom. The molecular formula is C11H16N4S. The van der Waals surface area contributed by atoms with Crippen LogP contribution < -0.4 is 0 Å². The van der Waals surface area contributed by atoms with Crippen molar-refractivity contribution in [3.8, 4) is 0 Å². The van der Waals surface area contributed by atoms with E-state index in [9.17, 15) is 0 Å². The van der Waals surface area contributed by atoms with E-state index in [2.05, 4.69) is 21.5 Å². The second-order valence-electron chi connectivity index (χ2n) is 3.79. The summed E-state index contributed by atoms with van der Waals surface area (Å²) in [5.41, 5.74) is 1.25. The number of hydrogen-bond donors (Lipinski definition) is 1. The van der Waals surface area contributed by atoms with Crippen LogP contribution in [-0.4, -0.2) is 19.1 Å². The third-order valence-corrected chi connectivity index (χ3v) is 3.13. The molecule has 0 radical (unpaired) electrons. The Hall–Kier alpha value is -1.36. The summed E-state index contributed by atoms with van der Waals surface area (Å²) in [5, 5.41) is 0. The second-order valence-corrected chi connectivity index (χ2v) is 4.18. The summed E-state index contributed by atoms with van der Waals surface area (Å²) in [4.78, 5) is 7.39. The SMILES string of the molecule is CCc1c[nH]c(=S)n1CCc1nccn1C. The fourth-order valence-electron chi connectivity index (χ4n) is 1.82. The van der Waals surface area contributed by atoms with Crippen LogP contribution in [0.15, 0.2) is 18.6 Å². The Bertz CT molecular complexity index is 520. The Balaban J connectivity index is 2.13. The summed E-state index contributed by atoms with van der Waals surface area (Å²) in [6, 6.07) is 0. The minimum Gasteiger partial charge on any atom is -0.338 e. The average Bonchev–Trinajstić information content (AvgIpc) is 2.82. The van der Waals surface area contributed by atoms with Gasteiger partial charge in [-0.1, -0.05) is 6.92 Å². The van der Waals surface area contributed by atoms with Gasteiger partial charge in [0.1, 0.15) is 5.82 Å². The summed E-state index contributed by atoms with van der Waals surface area (Å²) in [7, 11) is 2.01. The van der Waals surface area contributed by atoms with Crippen molar-refractivity contribution in [3.05, 3.63) is 34.9 Å². The molecule has 0 aliphatic rings. The van der Waals surface area contributed by atoms with Crippen molar-refractivity contribution in [1.29, 1.82) is 0 Å². The molecule has 0 unspecified atom stereocenters. The number of hydrogen-bond acceptors (Lipinski definition) is 2. The van der Waals surface area contributed by atoms with Crippen LogP contribution in [0.2, 0.25) is 0 Å². The Morgan fingerprint density at radius 3 is 2.94 bits per heavy atom. The molecule has 2 aromatic rings. The van der Waals surface area contributed by atoms with Crippen molar-refractivity contribution >= 4 is 12.2 Å². The van der Waals surface area contributed by atoms with Crippen molar-refractivity contribution in [2.75, 3.05) is 0 Å². The molecule has 0 aromatic carbocycles. The summed E-state index contributed by atoms with van der Waals surface area (Å²) in [5.74, 6) is 1.09. The molecule has 5 heteroatoms. The molecule has 16 heavy (non-hydrogen) atoms. The van der Waals surface area contributed by atoms with E-state index in [0.29, 0.717) is 0 Å². The second kappa shape index (κ2) is 4.65. The topological polar surface area (TPSA) is 38.5 Å². The number of aryl methyl sites for hydroxylation is 3. The van der Waals surface area contributed by atoms with Crippen LogP contribution >= 0.6 is 12.2 Å². The van der Waals surface area contributed by atoms with Gasteiger partial charge in [-0.25, -0.2) is 4.98 Å². The van der Waals surface area contributed by atoms with E-state index >= 15 is 0 Å². The van der Waals surface area contributed by atoms with Crippen molar-refractivity contribution in [2.24, 2.45) is 7.05 Å². The van der Waals surface area contributed by atoms with Gasteiger partial charge in [-0.3, -0.25) is 0 Å². The average molecular weight is 236 g/mol. The van der Waals surface area contributed by atoms with Crippen LogP contribution in [-0.2, 0) is 26.4 Å². The van der Waals surface area contributed by atoms with Gasteiger partial charge in [0.05, 0.1) is 0 Å². The number of nitrogens with one attached hydrogen (secondary N) is 1. The van der Waals surface area contributed by atoms with Crippen molar-refractivity contribution in [2.45, 2.75) is 26.3 Å². The maximum absolute atomic E-state index is 5.25. The first-order valence-electron chi connectivity index (χ1n) is 5.45. The zero-order chi connectivity index (χ0) is 11.5. The van der Waals surface area contributed by atoms with Crippen LogP contribution in [0.25, 0.3) is 0 Å². The van der Waals surface area contributed by atoms with Gasteiger partial charge in [-0.2, -0.15) is 0 Å². The fraction of sp³-hybridized carbons (Fsp3) is 0.455. The normalized spacial score (nSPS) is 10.9. The quantitative estimate of drug-likeness (QED) is 0.825. The Labute approximate surface area is 99.9 Å². The highest BCUT2D eigenvalue weighted by Crippen LogP contribution is 2.05. The smallest absolute Gasteiger partial charge is 0.177 e. The molecule has 0 amide bonds. The van der Waals surface area contributed by atoms with E-state index in [1.807, 2.05) is 30.2 Å². The molecule has 0 saturated carbocycles. The maximum Gasteiger partial charge on any atom is 0.177 e. The summed E-state index contributed by atoms with van der Waals surface area (Å²) in [6.07, 6.45) is 7.68. The van der Waals surface area contributed by atoms with Gasteiger partial charge in [0, 0.05) is 44.3 Å². The molecule has 0 spiro atoms. The minimum absolute atomic E-state index is 0.797. The number of imidazole rings is 2. The number of aromatic nitrogens is 4. The Morgan fingerprint density at radius 2 is 2.31 bits per heavy atom. The van der Waals surface area contributed by atoms with Gasteiger partial charge >= 0.3 is 0 Å². The molecule has 0 bridgehead atoms. The third kappa shape index (κ3) is 2.09. The van der Waals surface area contributed by atoms with Crippen molar-refractivity contribution in [3.63, 3.8) is 0 Å². The highest BCUT2D eigenvalue weighted by molar-refractivity contribution is 7.71. The number of H-pyrrole nitrogens is 1. The zero-order valence-corrected chi connectivity index (χ0v) is 10.4. The summed E-state index contributed by atoms with van der Waals surface area (Å²) < 4.78 is 4.98. The van der Waals surface area contributed by atoms with Crippen molar-refractivity contribution in [1.82, 2.24) is 19.1 Å². The molecule has 0 aliphatic heterocycles. The highest BCUT2D eigenvalue weighted by atomic mass is 32.1. The first kappa shape index (κ1) is 11.1. The molecular weight excluding hydrogens is 220 g/mol. The predicted molar refractivity (Wildman–Crippen MR) is 65.9 cm³/mol. The van der Waals surface area contributed by atoms with E-state index in [1.54, 1.807) is 0 Å². The van der Waals surface area contributed by atoms with Gasteiger partial charge in [-0.15, -0.1) is 0 Å². The third-order valence-electron chi connectivity index (χ3n) is 2.80. The molecule has 86 valence electrons. The van der Waals surface area contributed by atoms with Gasteiger partial charge < -0.3 is 14.1 Å². The molecule has 1 N–H and O–H groups in total. The molecule has 2 aromatic heterocycles. The lowest BCUT2D eigenvalue weighted by molar-refractivity contribution is 0.623. The molecule has 2 rings (SSSR count). The lowest BCUT2D eigenvalue weighted by atomic mass is 10.3. The monoisotopic (exact) mass is 236 g/mol. The number of nitrogens with zero attached hydrogens (tertiary/aromatic N) is 3. The molecule has 0 aliphatic carbocycles. The van der Waals surface area contributed by atoms with E-state index < -0.39 is 0 Å². The van der Waals surface area contributed by atoms with Gasteiger partial charge in [0.25, 0.3) is 0 Å². The van der Waals surface area contributed by atoms with E-state index in [0.717, 1.165) is 30.0 Å². The summed E-state index contributed by atoms with van der Waals surface area (Å²) in [6.45, 7) is 3.02. The molecule has 0 fully saturated rings. The molecule has 2 heterocycles. The first-order chi connectivity index (χ1) is 7.72. The molecule has 0 atom stereocenters. The Kier molecular flexibility index (Phi) is 3.24. The standard InChI is InChI=1S/C11H16N4S/c1-3-9-8-13-11(16)15(9)6-4-10-12-5-7-14(10)2/h5,7-8H,3-4,6H2,1-2H3,(H,13,16). The minimum atomic E-state index is 0.797. The number of aromatic amines is 1. The van der Waals surface area contributed by atoms with Gasteiger partial charge in [0.2, 0.25) is 0 Å². The zero-order valence-electron chi connectivity index (χ0n) is 9.60. The van der Waals surface area contributed by atoms with Gasteiger partial charge in [0.15, 0.2) is 4.77 Å². The van der Waals surface area contributed by atoms with Crippen LogP contribution in [0, 0.1) is 4.77 Å². The van der Waals surface area contributed by atoms with Crippen LogP contribution in [0.1, 0.15) is 18.4 Å². The summed E-state index contributed by atoms with van der Waals surface area (Å²) >= 11 is 5.25. The first-order valence-corrected chi connectivity index (χ1v) is 5.86. The van der Waals surface area contributed by atoms with Crippen molar-refractivity contribution < 1.29 is 0 Å². The lowest BCUT2D eigenvalue weighted by Gasteiger charge is -2.06.